The van der Waals surface area contributed by atoms with Crippen molar-refractivity contribution < 1.29 is 4.79 Å². The van der Waals surface area contributed by atoms with E-state index in [0.29, 0.717) is 12.3 Å². The van der Waals surface area contributed by atoms with Crippen molar-refractivity contribution in [3.63, 3.8) is 0 Å². The van der Waals surface area contributed by atoms with Gasteiger partial charge in [-0.05, 0) is 67.5 Å². The minimum Gasteiger partial charge on any atom is -0.294 e. The van der Waals surface area contributed by atoms with Crippen LogP contribution in [0.3, 0.4) is 0 Å². The van der Waals surface area contributed by atoms with E-state index >= 15 is 0 Å². The second-order valence-electron chi connectivity index (χ2n) is 8.36. The van der Waals surface area contributed by atoms with Gasteiger partial charge in [0.15, 0.2) is 15.4 Å². The molecule has 0 saturated carbocycles. The second kappa shape index (κ2) is 7.09. The lowest BCUT2D eigenvalue weighted by molar-refractivity contribution is 0.0901. The number of rotatable bonds is 5. The van der Waals surface area contributed by atoms with Crippen molar-refractivity contribution in [2.75, 3.05) is 0 Å². The van der Waals surface area contributed by atoms with Crippen LogP contribution in [0.5, 0.6) is 0 Å². The summed E-state index contributed by atoms with van der Waals surface area (Å²) in [4.78, 5) is 14.2. The largest absolute Gasteiger partial charge is 0.294 e. The first-order valence-electron chi connectivity index (χ1n) is 9.76. The fraction of sp³-hybridized carbons (Fsp3) is 0.320. The van der Waals surface area contributed by atoms with Crippen LogP contribution in [0.1, 0.15) is 49.0 Å². The molecule has 1 aromatic heterocycles. The van der Waals surface area contributed by atoms with Crippen LogP contribution < -0.4 is 0 Å². The zero-order valence-corrected chi connectivity index (χ0v) is 17.2. The molecule has 0 bridgehead atoms. The third kappa shape index (κ3) is 3.51. The Balaban J connectivity index is 1.56. The van der Waals surface area contributed by atoms with Gasteiger partial charge < -0.3 is 0 Å². The van der Waals surface area contributed by atoms with Gasteiger partial charge in [-0.15, -0.1) is 0 Å². The summed E-state index contributed by atoms with van der Waals surface area (Å²) in [6.45, 7) is 6.64. The Morgan fingerprint density at radius 2 is 1.85 bits per heavy atom. The van der Waals surface area contributed by atoms with Crippen LogP contribution in [0.2, 0.25) is 0 Å². The first-order valence-corrected chi connectivity index (χ1v) is 11.1. The zero-order valence-electron chi connectivity index (χ0n) is 16.4. The van der Waals surface area contributed by atoms with E-state index in [9.17, 15) is 4.79 Å². The highest BCUT2D eigenvalue weighted by Crippen LogP contribution is 2.42. The molecule has 1 nitrogen and oxygen atoms in total. The Bertz CT molecular complexity index is 1000. The molecule has 2 aromatic carbocycles. The Labute approximate surface area is 164 Å². The van der Waals surface area contributed by atoms with E-state index in [2.05, 4.69) is 74.7 Å². The molecule has 0 radical (unpaired) electrons. The molecule has 2 unspecified atom stereocenters. The third-order valence-electron chi connectivity index (χ3n) is 5.91. The summed E-state index contributed by atoms with van der Waals surface area (Å²) in [7, 11) is -0.0206. The molecule has 4 rings (SSSR count). The number of thiophene rings is 1. The van der Waals surface area contributed by atoms with Gasteiger partial charge in [-0.25, -0.2) is 0 Å². The van der Waals surface area contributed by atoms with E-state index in [1.807, 2.05) is 12.1 Å². The molecule has 3 aromatic rings. The molecule has 1 aliphatic rings. The topological polar surface area (TPSA) is 17.1 Å². The molecular weight excluding hydrogens is 348 g/mol. The number of carbonyl (C=O) groups excluding carboxylic acids is 1. The first-order chi connectivity index (χ1) is 13.0. The SMILES string of the molecule is Cc1c[s+](-c2ccc(C(=O)CC(C)(C)C3C=CCC3)cc2)c2ccccc12. The normalized spacial score (nSPS) is 17.6. The molecule has 2 heteroatoms. The predicted octanol–water partition coefficient (Wildman–Crippen LogP) is 7.45. The van der Waals surface area contributed by atoms with Crippen LogP contribution in [0, 0.1) is 18.3 Å². The van der Waals surface area contributed by atoms with E-state index in [4.69, 9.17) is 0 Å². The van der Waals surface area contributed by atoms with Crippen molar-refractivity contribution in [1.82, 2.24) is 0 Å². The molecule has 0 N–H and O–H groups in total. The smallest absolute Gasteiger partial charge is 0.186 e. The standard InChI is InChI=1S/C25H27OS/c1-18-17-27(24-11-7-6-10-22(18)24)21-14-12-19(13-15-21)23(26)16-25(2,3)20-8-4-5-9-20/h4,6-8,10-15,17,20H,5,9,16H2,1-3H3/q+1. The highest BCUT2D eigenvalue weighted by Gasteiger charge is 2.31. The van der Waals surface area contributed by atoms with E-state index in [0.717, 1.165) is 12.0 Å². The first kappa shape index (κ1) is 18.2. The van der Waals surface area contributed by atoms with Gasteiger partial charge in [-0.3, -0.25) is 4.79 Å². The number of carbonyl (C=O) groups is 1. The number of benzene rings is 2. The molecule has 0 amide bonds. The van der Waals surface area contributed by atoms with Crippen LogP contribution in [-0.2, 0) is 0 Å². The molecule has 27 heavy (non-hydrogen) atoms. The average Bonchev–Trinajstić information content (AvgIpc) is 3.31. The Kier molecular flexibility index (Phi) is 4.77. The fourth-order valence-electron chi connectivity index (χ4n) is 4.20. The number of ketones is 1. The second-order valence-corrected chi connectivity index (χ2v) is 10.2. The average molecular weight is 376 g/mol. The van der Waals surface area contributed by atoms with Gasteiger partial charge in [-0.2, -0.15) is 0 Å². The van der Waals surface area contributed by atoms with Crippen molar-refractivity contribution in [2.24, 2.45) is 11.3 Å². The number of aryl methyl sites for hydroxylation is 1. The molecule has 0 saturated heterocycles. The summed E-state index contributed by atoms with van der Waals surface area (Å²) in [5.41, 5.74) is 2.21. The van der Waals surface area contributed by atoms with Gasteiger partial charge in [0.2, 0.25) is 0 Å². The number of Topliss-reactive ketones (excluding diaryl/α,β-unsaturated/α-hetero) is 1. The van der Waals surface area contributed by atoms with Crippen molar-refractivity contribution in [2.45, 2.75) is 40.0 Å². The van der Waals surface area contributed by atoms with Crippen LogP contribution in [0.25, 0.3) is 15.0 Å². The highest BCUT2D eigenvalue weighted by atomic mass is 32.2. The maximum Gasteiger partial charge on any atom is 0.186 e. The summed E-state index contributed by atoms with van der Waals surface area (Å²) in [6, 6.07) is 17.0. The van der Waals surface area contributed by atoms with Crippen molar-refractivity contribution >= 4 is 26.3 Å². The fourth-order valence-corrected chi connectivity index (χ4v) is 6.32. The molecule has 0 fully saturated rings. The maximum absolute atomic E-state index is 12.9. The van der Waals surface area contributed by atoms with E-state index < -0.39 is 0 Å². The summed E-state index contributed by atoms with van der Waals surface area (Å²) >= 11 is 0. The van der Waals surface area contributed by atoms with Gasteiger partial charge in [0.25, 0.3) is 0 Å². The van der Waals surface area contributed by atoms with E-state index in [1.165, 1.54) is 27.0 Å². The molecule has 2 atom stereocenters. The van der Waals surface area contributed by atoms with Crippen LogP contribution in [0.15, 0.2) is 66.1 Å². The quantitative estimate of drug-likeness (QED) is 0.257. The van der Waals surface area contributed by atoms with Crippen LogP contribution in [-0.4, -0.2) is 5.78 Å². The minimum absolute atomic E-state index is 0.0206. The predicted molar refractivity (Wildman–Crippen MR) is 117 cm³/mol. The highest BCUT2D eigenvalue weighted by molar-refractivity contribution is 7.43. The lowest BCUT2D eigenvalue weighted by Crippen LogP contribution is -2.24. The maximum atomic E-state index is 12.9. The van der Waals surface area contributed by atoms with Gasteiger partial charge in [0, 0.05) is 33.4 Å². The van der Waals surface area contributed by atoms with Crippen LogP contribution in [0.4, 0.5) is 0 Å². The number of fused-ring (bicyclic) bond motifs is 1. The summed E-state index contributed by atoms with van der Waals surface area (Å²) in [5, 5.41) is 3.71. The summed E-state index contributed by atoms with van der Waals surface area (Å²) in [6.07, 6.45) is 7.47. The Morgan fingerprint density at radius 3 is 2.56 bits per heavy atom. The third-order valence-corrected chi connectivity index (χ3v) is 8.11. The molecule has 0 aliphatic heterocycles. The Morgan fingerprint density at radius 1 is 1.11 bits per heavy atom. The van der Waals surface area contributed by atoms with Gasteiger partial charge in [0.1, 0.15) is 5.38 Å². The zero-order chi connectivity index (χ0) is 19.0. The summed E-state index contributed by atoms with van der Waals surface area (Å²) in [5.74, 6) is 0.777. The molecular formula is C25H27OS+. The van der Waals surface area contributed by atoms with Crippen LogP contribution >= 0.6 is 10.5 Å². The number of hydrogen-bond acceptors (Lipinski definition) is 1. The number of hydrogen-bond donors (Lipinski definition) is 0. The minimum atomic E-state index is -0.0206. The lowest BCUT2D eigenvalue weighted by atomic mass is 9.74. The lowest BCUT2D eigenvalue weighted by Gasteiger charge is -2.30. The van der Waals surface area contributed by atoms with Crippen molar-refractivity contribution in [3.8, 4) is 4.90 Å². The summed E-state index contributed by atoms with van der Waals surface area (Å²) < 4.78 is 1.39. The van der Waals surface area contributed by atoms with Gasteiger partial charge in [0.05, 0.1) is 0 Å². The molecule has 138 valence electrons. The Hall–Kier alpha value is -2.19. The molecule has 1 heterocycles. The number of allylic oxidation sites excluding steroid dienone is 2. The molecule has 0 spiro atoms. The van der Waals surface area contributed by atoms with E-state index in [-0.39, 0.29) is 21.7 Å². The molecule has 1 aliphatic carbocycles. The van der Waals surface area contributed by atoms with Crippen molar-refractivity contribution in [1.29, 1.82) is 0 Å². The monoisotopic (exact) mass is 375 g/mol. The van der Waals surface area contributed by atoms with Crippen molar-refractivity contribution in [3.05, 3.63) is 77.2 Å². The van der Waals surface area contributed by atoms with Gasteiger partial charge in [-0.1, -0.05) is 38.1 Å². The van der Waals surface area contributed by atoms with Gasteiger partial charge >= 0.3 is 0 Å². The van der Waals surface area contributed by atoms with E-state index in [1.54, 1.807) is 0 Å².